The van der Waals surface area contributed by atoms with E-state index in [-0.39, 0.29) is 0 Å². The molecule has 256 valence electrons. The van der Waals surface area contributed by atoms with Gasteiger partial charge in [0, 0.05) is 38.6 Å². The molecule has 4 nitrogen and oxygen atoms in total. The zero-order valence-electron chi connectivity index (χ0n) is 29.8. The van der Waals surface area contributed by atoms with E-state index in [1.165, 1.54) is 66.4 Å². The highest BCUT2D eigenvalue weighted by atomic mass is 15.0. The minimum atomic E-state index is 0.644. The second kappa shape index (κ2) is 12.6. The molecule has 8 aromatic carbocycles. The number of nitrogens with zero attached hydrogens (tertiary/aromatic N) is 4. The van der Waals surface area contributed by atoms with Gasteiger partial charge in [0.1, 0.15) is 0 Å². The first-order chi connectivity index (χ1) is 27.3. The fourth-order valence-corrected chi connectivity index (χ4v) is 8.24. The van der Waals surface area contributed by atoms with Crippen molar-refractivity contribution in [3.05, 3.63) is 194 Å². The van der Waals surface area contributed by atoms with Crippen LogP contribution in [0.15, 0.2) is 194 Å². The molecule has 0 bridgehead atoms. The highest BCUT2D eigenvalue weighted by molar-refractivity contribution is 6.15. The van der Waals surface area contributed by atoms with E-state index >= 15 is 0 Å². The molecule has 0 fully saturated rings. The van der Waals surface area contributed by atoms with E-state index in [0.717, 1.165) is 22.3 Å². The van der Waals surface area contributed by atoms with Crippen LogP contribution in [-0.4, -0.2) is 19.5 Å². The summed E-state index contributed by atoms with van der Waals surface area (Å²) in [5, 5.41) is 2.49. The molecule has 1 aliphatic rings. The van der Waals surface area contributed by atoms with Gasteiger partial charge in [-0.1, -0.05) is 164 Å². The standard InChI is InChI=1S/C51H32N4/c1-4-15-33(16-5-1)36-29-30-45-43(32-36)40-23-10-11-27-44(40)55(45)46-28-14-26-42-41-25-13-24-39(47(41)48(42)46)37-21-12-22-38(31-37)51-53-49(34-17-6-2-7-18-34)52-50(54-51)35-19-8-3-9-20-35/h1-32H. The normalized spacial score (nSPS) is 11.6. The first kappa shape index (κ1) is 31.1. The van der Waals surface area contributed by atoms with Gasteiger partial charge in [0.2, 0.25) is 0 Å². The van der Waals surface area contributed by atoms with Gasteiger partial charge in [-0.05, 0) is 63.7 Å². The van der Waals surface area contributed by atoms with Crippen molar-refractivity contribution in [3.8, 4) is 84.4 Å². The van der Waals surface area contributed by atoms with Gasteiger partial charge in [0.15, 0.2) is 17.5 Å². The summed E-state index contributed by atoms with van der Waals surface area (Å²) < 4.78 is 2.45. The van der Waals surface area contributed by atoms with Crippen molar-refractivity contribution in [1.82, 2.24) is 19.5 Å². The summed E-state index contributed by atoms with van der Waals surface area (Å²) in [6.07, 6.45) is 0. The number of fused-ring (bicyclic) bond motifs is 7. The average molecular weight is 701 g/mol. The van der Waals surface area contributed by atoms with E-state index in [9.17, 15) is 0 Å². The molecule has 0 N–H and O–H groups in total. The van der Waals surface area contributed by atoms with Crippen molar-refractivity contribution in [3.63, 3.8) is 0 Å². The summed E-state index contributed by atoms with van der Waals surface area (Å²) in [5.74, 6) is 1.95. The van der Waals surface area contributed by atoms with Crippen molar-refractivity contribution in [2.75, 3.05) is 0 Å². The summed E-state index contributed by atoms with van der Waals surface area (Å²) in [6.45, 7) is 0. The van der Waals surface area contributed by atoms with E-state index in [1.54, 1.807) is 0 Å². The molecular weight excluding hydrogens is 669 g/mol. The first-order valence-corrected chi connectivity index (χ1v) is 18.6. The number of aromatic nitrogens is 4. The fourth-order valence-electron chi connectivity index (χ4n) is 8.24. The highest BCUT2D eigenvalue weighted by Gasteiger charge is 2.30. The highest BCUT2D eigenvalue weighted by Crippen LogP contribution is 2.55. The van der Waals surface area contributed by atoms with Crippen molar-refractivity contribution in [1.29, 1.82) is 0 Å². The van der Waals surface area contributed by atoms with Gasteiger partial charge in [-0.15, -0.1) is 0 Å². The molecule has 11 rings (SSSR count). The summed E-state index contributed by atoms with van der Waals surface area (Å²) >= 11 is 0. The van der Waals surface area contributed by atoms with Crippen LogP contribution < -0.4 is 0 Å². The van der Waals surface area contributed by atoms with Gasteiger partial charge >= 0.3 is 0 Å². The zero-order valence-corrected chi connectivity index (χ0v) is 29.8. The monoisotopic (exact) mass is 700 g/mol. The molecule has 0 atom stereocenters. The van der Waals surface area contributed by atoms with Crippen LogP contribution in [0.3, 0.4) is 0 Å². The average Bonchev–Trinajstić information content (AvgIpc) is 3.59. The quantitative estimate of drug-likeness (QED) is 0.173. The van der Waals surface area contributed by atoms with Crippen LogP contribution in [0.1, 0.15) is 0 Å². The Morgan fingerprint density at radius 2 is 0.800 bits per heavy atom. The third-order valence-corrected chi connectivity index (χ3v) is 10.8. The van der Waals surface area contributed by atoms with Crippen molar-refractivity contribution >= 4 is 21.8 Å². The third kappa shape index (κ3) is 5.11. The van der Waals surface area contributed by atoms with E-state index < -0.39 is 0 Å². The van der Waals surface area contributed by atoms with Crippen LogP contribution in [0, 0.1) is 0 Å². The maximum Gasteiger partial charge on any atom is 0.164 e. The molecular formula is C51H32N4. The van der Waals surface area contributed by atoms with Crippen LogP contribution in [-0.2, 0) is 0 Å². The Hall–Kier alpha value is -7.43. The van der Waals surface area contributed by atoms with Crippen LogP contribution in [0.4, 0.5) is 0 Å². The van der Waals surface area contributed by atoms with Crippen molar-refractivity contribution in [2.24, 2.45) is 0 Å². The van der Waals surface area contributed by atoms with E-state index in [2.05, 4.69) is 138 Å². The Labute approximate surface area is 318 Å². The molecule has 0 radical (unpaired) electrons. The van der Waals surface area contributed by atoms with Gasteiger partial charge < -0.3 is 4.57 Å². The van der Waals surface area contributed by atoms with Crippen LogP contribution in [0.2, 0.25) is 0 Å². The van der Waals surface area contributed by atoms with Gasteiger partial charge in [-0.3, -0.25) is 0 Å². The second-order valence-corrected chi connectivity index (χ2v) is 14.0. The summed E-state index contributed by atoms with van der Waals surface area (Å²) in [6, 6.07) is 68.6. The third-order valence-electron chi connectivity index (χ3n) is 10.8. The molecule has 2 aromatic heterocycles. The molecule has 0 spiro atoms. The Morgan fingerprint density at radius 1 is 0.291 bits per heavy atom. The predicted molar refractivity (Wildman–Crippen MR) is 226 cm³/mol. The Bertz CT molecular complexity index is 3020. The van der Waals surface area contributed by atoms with Gasteiger partial charge in [0.05, 0.1) is 16.7 Å². The first-order valence-electron chi connectivity index (χ1n) is 18.6. The predicted octanol–water partition coefficient (Wildman–Crippen LogP) is 13.0. The molecule has 0 unspecified atom stereocenters. The molecule has 2 heterocycles. The Morgan fingerprint density at radius 3 is 1.51 bits per heavy atom. The molecule has 10 aromatic rings. The molecule has 4 heteroatoms. The molecule has 0 saturated heterocycles. The lowest BCUT2D eigenvalue weighted by Gasteiger charge is -2.30. The van der Waals surface area contributed by atoms with Crippen LogP contribution >= 0.6 is 0 Å². The topological polar surface area (TPSA) is 43.6 Å². The number of benzene rings is 8. The number of hydrogen-bond acceptors (Lipinski definition) is 3. The largest absolute Gasteiger partial charge is 0.309 e. The fraction of sp³-hybridized carbons (Fsp3) is 0. The minimum Gasteiger partial charge on any atom is -0.309 e. The van der Waals surface area contributed by atoms with E-state index in [4.69, 9.17) is 15.0 Å². The molecule has 0 saturated carbocycles. The summed E-state index contributed by atoms with van der Waals surface area (Å²) in [7, 11) is 0. The summed E-state index contributed by atoms with van der Waals surface area (Å²) in [5.41, 5.74) is 16.2. The van der Waals surface area contributed by atoms with Crippen molar-refractivity contribution < 1.29 is 0 Å². The lowest BCUT2D eigenvalue weighted by atomic mass is 9.75. The van der Waals surface area contributed by atoms with Gasteiger partial charge in [0.25, 0.3) is 0 Å². The summed E-state index contributed by atoms with van der Waals surface area (Å²) in [4.78, 5) is 15.0. The number of para-hydroxylation sites is 1. The smallest absolute Gasteiger partial charge is 0.164 e. The SMILES string of the molecule is c1ccc(-c2ccc3c(c2)c2ccccc2n3-c2cccc3c2-c2c(-c4cccc(-c5nc(-c6ccccc6)nc(-c6ccccc6)n5)c4)cccc2-3)cc1. The van der Waals surface area contributed by atoms with Crippen LogP contribution in [0.5, 0.6) is 0 Å². The number of rotatable bonds is 6. The molecule has 0 aliphatic heterocycles. The lowest BCUT2D eigenvalue weighted by molar-refractivity contribution is 1.07. The van der Waals surface area contributed by atoms with Gasteiger partial charge in [-0.25, -0.2) is 15.0 Å². The molecule has 1 aliphatic carbocycles. The lowest BCUT2D eigenvalue weighted by Crippen LogP contribution is -2.07. The maximum absolute atomic E-state index is 5.03. The van der Waals surface area contributed by atoms with Gasteiger partial charge in [-0.2, -0.15) is 0 Å². The minimum absolute atomic E-state index is 0.644. The maximum atomic E-state index is 5.03. The van der Waals surface area contributed by atoms with E-state index in [0.29, 0.717) is 17.5 Å². The second-order valence-electron chi connectivity index (χ2n) is 14.0. The molecule has 0 amide bonds. The number of hydrogen-bond donors (Lipinski definition) is 0. The Kier molecular flexibility index (Phi) is 7.14. The van der Waals surface area contributed by atoms with Crippen molar-refractivity contribution in [2.45, 2.75) is 0 Å². The molecule has 55 heavy (non-hydrogen) atoms. The van der Waals surface area contributed by atoms with Crippen LogP contribution in [0.25, 0.3) is 106 Å². The van der Waals surface area contributed by atoms with E-state index in [1.807, 2.05) is 60.7 Å². The zero-order chi connectivity index (χ0) is 36.3. The Balaban J connectivity index is 1.06.